The highest BCUT2D eigenvalue weighted by molar-refractivity contribution is 6.30. The second-order valence-corrected chi connectivity index (χ2v) is 5.96. The van der Waals surface area contributed by atoms with Crippen molar-refractivity contribution in [1.82, 2.24) is 9.78 Å². The van der Waals surface area contributed by atoms with E-state index in [1.807, 2.05) is 0 Å². The summed E-state index contributed by atoms with van der Waals surface area (Å²) in [6.45, 7) is 0. The number of hydrogen-bond acceptors (Lipinski definition) is 2. The maximum atomic E-state index is 13.5. The molecule has 0 saturated heterocycles. The normalized spacial score (nSPS) is 11.1. The SMILES string of the molecule is O=C(Nc1ccccc1-c1cc(F)c(F)c(F)c1)n1nc(CC(F)F)[c]c1Cl. The highest BCUT2D eigenvalue weighted by Gasteiger charge is 2.18. The molecule has 0 aliphatic carbocycles. The van der Waals surface area contributed by atoms with Crippen LogP contribution in [0.15, 0.2) is 36.4 Å². The van der Waals surface area contributed by atoms with Gasteiger partial charge >= 0.3 is 6.03 Å². The second kappa shape index (κ2) is 7.97. The van der Waals surface area contributed by atoms with Gasteiger partial charge in [0.1, 0.15) is 5.15 Å². The Kier molecular flexibility index (Phi) is 5.64. The number of hydrogen-bond donors (Lipinski definition) is 1. The average molecular weight is 415 g/mol. The van der Waals surface area contributed by atoms with Gasteiger partial charge in [0.15, 0.2) is 17.5 Å². The molecule has 0 spiro atoms. The van der Waals surface area contributed by atoms with Gasteiger partial charge in [-0.05, 0) is 23.8 Å². The molecule has 1 radical (unpaired) electrons. The summed E-state index contributed by atoms with van der Waals surface area (Å²) in [6, 6.07) is 8.94. The van der Waals surface area contributed by atoms with Crippen molar-refractivity contribution in [3.8, 4) is 11.1 Å². The van der Waals surface area contributed by atoms with Gasteiger partial charge in [0, 0.05) is 11.6 Å². The van der Waals surface area contributed by atoms with E-state index >= 15 is 0 Å². The molecule has 3 aromatic rings. The van der Waals surface area contributed by atoms with Crippen LogP contribution >= 0.6 is 11.6 Å². The van der Waals surface area contributed by atoms with Crippen molar-refractivity contribution in [2.24, 2.45) is 0 Å². The van der Waals surface area contributed by atoms with Gasteiger partial charge < -0.3 is 5.32 Å². The summed E-state index contributed by atoms with van der Waals surface area (Å²) in [4.78, 5) is 12.4. The quantitative estimate of drug-likeness (QED) is 0.464. The first-order chi connectivity index (χ1) is 13.3. The lowest BCUT2D eigenvalue weighted by atomic mass is 10.0. The third-order valence-electron chi connectivity index (χ3n) is 3.66. The highest BCUT2D eigenvalue weighted by atomic mass is 35.5. The Morgan fingerprint density at radius 1 is 1.18 bits per heavy atom. The molecule has 4 nitrogen and oxygen atoms in total. The van der Waals surface area contributed by atoms with Crippen LogP contribution in [-0.2, 0) is 6.42 Å². The molecule has 0 bridgehead atoms. The molecule has 1 N–H and O–H groups in total. The molecule has 2 aromatic carbocycles. The second-order valence-electron chi connectivity index (χ2n) is 5.60. The third kappa shape index (κ3) is 4.14. The number of benzene rings is 2. The number of nitrogens with one attached hydrogen (secondary N) is 1. The number of aromatic nitrogens is 2. The summed E-state index contributed by atoms with van der Waals surface area (Å²) in [5.74, 6) is -4.40. The fourth-order valence-electron chi connectivity index (χ4n) is 2.46. The van der Waals surface area contributed by atoms with Gasteiger partial charge in [-0.2, -0.15) is 9.78 Å². The van der Waals surface area contributed by atoms with Crippen LogP contribution in [0.5, 0.6) is 0 Å². The molecule has 0 atom stereocenters. The number of alkyl halides is 2. The number of carbonyl (C=O) groups excluding carboxylic acids is 1. The summed E-state index contributed by atoms with van der Waals surface area (Å²) in [7, 11) is 0. The van der Waals surface area contributed by atoms with E-state index in [1.165, 1.54) is 18.2 Å². The Morgan fingerprint density at radius 2 is 1.82 bits per heavy atom. The van der Waals surface area contributed by atoms with Crippen LogP contribution in [0.1, 0.15) is 5.69 Å². The maximum Gasteiger partial charge on any atom is 0.347 e. The topological polar surface area (TPSA) is 46.9 Å². The zero-order chi connectivity index (χ0) is 20.4. The summed E-state index contributed by atoms with van der Waals surface area (Å²) < 4.78 is 65.8. The zero-order valence-corrected chi connectivity index (χ0v) is 14.6. The van der Waals surface area contributed by atoms with Gasteiger partial charge in [0.05, 0.1) is 17.8 Å². The molecular formula is C18H10ClF5N3O. The van der Waals surface area contributed by atoms with Crippen molar-refractivity contribution in [2.75, 3.05) is 5.32 Å². The largest absolute Gasteiger partial charge is 0.347 e. The number of carbonyl (C=O) groups is 1. The lowest BCUT2D eigenvalue weighted by Crippen LogP contribution is -2.21. The van der Waals surface area contributed by atoms with Gasteiger partial charge in [-0.1, -0.05) is 29.8 Å². The Morgan fingerprint density at radius 3 is 2.46 bits per heavy atom. The smallest absolute Gasteiger partial charge is 0.305 e. The van der Waals surface area contributed by atoms with Crippen molar-refractivity contribution in [1.29, 1.82) is 0 Å². The average Bonchev–Trinajstić information content (AvgIpc) is 2.99. The Labute approximate surface area is 160 Å². The first-order valence-electron chi connectivity index (χ1n) is 7.76. The van der Waals surface area contributed by atoms with Gasteiger partial charge in [-0.25, -0.2) is 26.7 Å². The molecular weight excluding hydrogens is 405 g/mol. The van der Waals surface area contributed by atoms with Crippen LogP contribution in [0.25, 0.3) is 11.1 Å². The van der Waals surface area contributed by atoms with Gasteiger partial charge in [-0.15, -0.1) is 0 Å². The van der Waals surface area contributed by atoms with Crippen LogP contribution in [0.3, 0.4) is 0 Å². The van der Waals surface area contributed by atoms with E-state index in [9.17, 15) is 26.7 Å². The molecule has 10 heteroatoms. The molecule has 1 aromatic heterocycles. The van der Waals surface area contributed by atoms with E-state index < -0.39 is 36.3 Å². The molecule has 0 fully saturated rings. The van der Waals surface area contributed by atoms with E-state index in [0.717, 1.165) is 12.1 Å². The number of anilines is 1. The standard InChI is InChI=1S/C18H10ClF5N3O/c19-15-7-10(8-16(22)23)26-27(15)18(28)25-14-4-2-1-3-11(14)9-5-12(20)17(24)13(21)6-9/h1-6,16H,8H2,(H,25,28). The molecule has 3 rings (SSSR count). The van der Waals surface area contributed by atoms with E-state index in [1.54, 1.807) is 6.07 Å². The monoisotopic (exact) mass is 414 g/mol. The van der Waals surface area contributed by atoms with Crippen LogP contribution < -0.4 is 5.32 Å². The Balaban J connectivity index is 1.92. The predicted octanol–water partition coefficient (Wildman–Crippen LogP) is 5.31. The van der Waals surface area contributed by atoms with Crippen LogP contribution in [0.2, 0.25) is 5.15 Å². The van der Waals surface area contributed by atoms with Crippen molar-refractivity contribution >= 4 is 23.3 Å². The zero-order valence-electron chi connectivity index (χ0n) is 13.8. The minimum Gasteiger partial charge on any atom is -0.305 e. The van der Waals surface area contributed by atoms with Crippen LogP contribution in [0.4, 0.5) is 32.4 Å². The summed E-state index contributed by atoms with van der Waals surface area (Å²) in [5, 5.41) is 5.76. The lowest BCUT2D eigenvalue weighted by Gasteiger charge is -2.12. The van der Waals surface area contributed by atoms with E-state index in [0.29, 0.717) is 4.68 Å². The van der Waals surface area contributed by atoms with Gasteiger partial charge in [0.25, 0.3) is 0 Å². The lowest BCUT2D eigenvalue weighted by molar-refractivity contribution is 0.147. The molecule has 1 heterocycles. The Bertz CT molecular complexity index is 1010. The van der Waals surface area contributed by atoms with E-state index in [-0.39, 0.29) is 27.7 Å². The van der Waals surface area contributed by atoms with E-state index in [4.69, 9.17) is 11.6 Å². The van der Waals surface area contributed by atoms with Gasteiger partial charge in [-0.3, -0.25) is 0 Å². The molecule has 145 valence electrons. The number of halogens is 6. The fraction of sp³-hybridized carbons (Fsp3) is 0.111. The van der Waals surface area contributed by atoms with Crippen molar-refractivity contribution in [2.45, 2.75) is 12.8 Å². The first-order valence-corrected chi connectivity index (χ1v) is 8.14. The number of rotatable bonds is 4. The van der Waals surface area contributed by atoms with Crippen molar-refractivity contribution < 1.29 is 26.7 Å². The molecule has 0 unspecified atom stereocenters. The number of nitrogens with zero attached hydrogens (tertiary/aromatic N) is 2. The maximum absolute atomic E-state index is 13.5. The Hall–Kier alpha value is -2.94. The molecule has 1 amide bonds. The summed E-state index contributed by atoms with van der Waals surface area (Å²) >= 11 is 5.80. The van der Waals surface area contributed by atoms with Crippen LogP contribution in [-0.4, -0.2) is 22.2 Å². The fourth-order valence-corrected chi connectivity index (χ4v) is 2.68. The third-order valence-corrected chi connectivity index (χ3v) is 3.91. The first kappa shape index (κ1) is 19.8. The molecule has 28 heavy (non-hydrogen) atoms. The highest BCUT2D eigenvalue weighted by Crippen LogP contribution is 2.30. The van der Waals surface area contributed by atoms with Gasteiger partial charge in [0.2, 0.25) is 6.43 Å². The molecule has 0 aliphatic heterocycles. The summed E-state index contributed by atoms with van der Waals surface area (Å²) in [5.41, 5.74) is 0.0727. The summed E-state index contributed by atoms with van der Waals surface area (Å²) in [6.07, 6.45) is -3.42. The molecule has 0 aliphatic rings. The van der Waals surface area contributed by atoms with Crippen molar-refractivity contribution in [3.63, 3.8) is 0 Å². The van der Waals surface area contributed by atoms with Crippen molar-refractivity contribution in [3.05, 3.63) is 70.8 Å². The predicted molar refractivity (Wildman–Crippen MR) is 91.9 cm³/mol. The van der Waals surface area contributed by atoms with Crippen LogP contribution in [0, 0.1) is 23.5 Å². The van der Waals surface area contributed by atoms with E-state index in [2.05, 4.69) is 16.5 Å². The molecule has 0 saturated carbocycles. The minimum atomic E-state index is -2.69. The number of para-hydroxylation sites is 1. The minimum absolute atomic E-state index is 0.0242. The number of amides is 1.